The van der Waals surface area contributed by atoms with Gasteiger partial charge in [-0.15, -0.1) is 0 Å². The molecule has 3 rings (SSSR count). The number of hydrogen-bond acceptors (Lipinski definition) is 2. The summed E-state index contributed by atoms with van der Waals surface area (Å²) in [6.45, 7) is 3.89. The number of hydrogen-bond donors (Lipinski definition) is 3. The van der Waals surface area contributed by atoms with Crippen molar-refractivity contribution in [1.29, 1.82) is 0 Å². The minimum Gasteiger partial charge on any atom is -0.332 e. The van der Waals surface area contributed by atoms with Crippen LogP contribution in [0.3, 0.4) is 0 Å². The Morgan fingerprint density at radius 3 is 1.92 bits per heavy atom. The van der Waals surface area contributed by atoms with Gasteiger partial charge in [-0.1, -0.05) is 42.5 Å². The largest absolute Gasteiger partial charge is 0.332 e. The summed E-state index contributed by atoms with van der Waals surface area (Å²) >= 11 is 0. The summed E-state index contributed by atoms with van der Waals surface area (Å²) in [4.78, 5) is 24.0. The first-order valence-corrected chi connectivity index (χ1v) is 9.05. The first kappa shape index (κ1) is 18.0. The normalized spacial score (nSPS) is 15.6. The lowest BCUT2D eigenvalue weighted by atomic mass is 10.1. The maximum absolute atomic E-state index is 12.2. The molecule has 26 heavy (non-hydrogen) atoms. The van der Waals surface area contributed by atoms with Crippen molar-refractivity contribution in [3.8, 4) is 0 Å². The zero-order chi connectivity index (χ0) is 18.5. The maximum atomic E-state index is 12.2. The van der Waals surface area contributed by atoms with Crippen LogP contribution < -0.4 is 16.0 Å². The predicted molar refractivity (Wildman–Crippen MR) is 103 cm³/mol. The van der Waals surface area contributed by atoms with Crippen LogP contribution in [-0.2, 0) is 4.79 Å². The van der Waals surface area contributed by atoms with Gasteiger partial charge in [-0.25, -0.2) is 4.79 Å². The minimum absolute atomic E-state index is 0.0663. The molecule has 0 saturated heterocycles. The van der Waals surface area contributed by atoms with Crippen LogP contribution in [0, 0.1) is 5.92 Å². The van der Waals surface area contributed by atoms with Crippen molar-refractivity contribution in [3.05, 3.63) is 65.7 Å². The van der Waals surface area contributed by atoms with Crippen molar-refractivity contribution in [2.45, 2.75) is 38.8 Å². The molecule has 1 saturated carbocycles. The second kappa shape index (κ2) is 8.04. The van der Waals surface area contributed by atoms with Crippen LogP contribution in [0.15, 0.2) is 54.6 Å². The molecule has 0 radical (unpaired) electrons. The van der Waals surface area contributed by atoms with Crippen molar-refractivity contribution < 1.29 is 9.59 Å². The van der Waals surface area contributed by atoms with E-state index >= 15 is 0 Å². The lowest BCUT2D eigenvalue weighted by Gasteiger charge is -2.19. The topological polar surface area (TPSA) is 70.2 Å². The molecular weight excluding hydrogens is 326 g/mol. The number of benzene rings is 2. The molecule has 2 unspecified atom stereocenters. The SMILES string of the molecule is CC(NC(=O)NC(C)c1ccc(NC(=O)C2CC2)cc1)c1ccccc1. The summed E-state index contributed by atoms with van der Waals surface area (Å²) in [7, 11) is 0. The van der Waals surface area contributed by atoms with Gasteiger partial charge in [0.2, 0.25) is 5.91 Å². The van der Waals surface area contributed by atoms with E-state index in [4.69, 9.17) is 0 Å². The number of nitrogens with one attached hydrogen (secondary N) is 3. The molecule has 5 nitrogen and oxygen atoms in total. The third kappa shape index (κ3) is 4.85. The average Bonchev–Trinajstić information content (AvgIpc) is 3.48. The predicted octanol–water partition coefficient (Wildman–Crippen LogP) is 4.16. The molecule has 2 atom stereocenters. The Hall–Kier alpha value is -2.82. The molecule has 0 spiro atoms. The Balaban J connectivity index is 1.51. The molecular formula is C21H25N3O2. The van der Waals surface area contributed by atoms with Crippen LogP contribution in [0.25, 0.3) is 0 Å². The number of carbonyl (C=O) groups is 2. The number of anilines is 1. The number of rotatable bonds is 6. The molecule has 1 aliphatic carbocycles. The van der Waals surface area contributed by atoms with E-state index in [-0.39, 0.29) is 29.9 Å². The fraction of sp³-hybridized carbons (Fsp3) is 0.333. The van der Waals surface area contributed by atoms with Crippen LogP contribution in [0.4, 0.5) is 10.5 Å². The summed E-state index contributed by atoms with van der Waals surface area (Å²) in [6.07, 6.45) is 1.97. The molecule has 3 N–H and O–H groups in total. The van der Waals surface area contributed by atoms with Gasteiger partial charge in [0, 0.05) is 11.6 Å². The van der Waals surface area contributed by atoms with E-state index in [1.165, 1.54) is 0 Å². The van der Waals surface area contributed by atoms with E-state index in [9.17, 15) is 9.59 Å². The maximum Gasteiger partial charge on any atom is 0.315 e. The lowest BCUT2D eigenvalue weighted by Crippen LogP contribution is -2.38. The molecule has 3 amide bonds. The van der Waals surface area contributed by atoms with Crippen LogP contribution in [0.1, 0.15) is 49.9 Å². The highest BCUT2D eigenvalue weighted by Crippen LogP contribution is 2.30. The molecule has 1 aliphatic rings. The standard InChI is InChI=1S/C21H25N3O2/c1-14(16-6-4-3-5-7-16)22-21(26)23-15(2)17-10-12-19(13-11-17)24-20(25)18-8-9-18/h3-7,10-15,18H,8-9H2,1-2H3,(H,24,25)(H2,22,23,26). The van der Waals surface area contributed by atoms with Crippen molar-refractivity contribution in [3.63, 3.8) is 0 Å². The van der Waals surface area contributed by atoms with E-state index in [1.54, 1.807) is 0 Å². The average molecular weight is 351 g/mol. The van der Waals surface area contributed by atoms with Gasteiger partial charge in [0.25, 0.3) is 0 Å². The van der Waals surface area contributed by atoms with Crippen molar-refractivity contribution in [2.24, 2.45) is 5.92 Å². The fourth-order valence-electron chi connectivity index (χ4n) is 2.79. The monoisotopic (exact) mass is 351 g/mol. The highest BCUT2D eigenvalue weighted by Gasteiger charge is 2.29. The minimum atomic E-state index is -0.208. The highest BCUT2D eigenvalue weighted by molar-refractivity contribution is 5.94. The smallest absolute Gasteiger partial charge is 0.315 e. The van der Waals surface area contributed by atoms with Gasteiger partial charge < -0.3 is 16.0 Å². The van der Waals surface area contributed by atoms with E-state index in [0.29, 0.717) is 0 Å². The van der Waals surface area contributed by atoms with Gasteiger partial charge in [-0.2, -0.15) is 0 Å². The zero-order valence-corrected chi connectivity index (χ0v) is 15.2. The first-order valence-electron chi connectivity index (χ1n) is 9.05. The molecule has 2 aromatic rings. The summed E-state index contributed by atoms with van der Waals surface area (Å²) in [5.41, 5.74) is 2.84. The van der Waals surface area contributed by atoms with Gasteiger partial charge in [0.05, 0.1) is 12.1 Å². The van der Waals surface area contributed by atoms with Crippen LogP contribution in [0.5, 0.6) is 0 Å². The van der Waals surface area contributed by atoms with E-state index in [2.05, 4.69) is 16.0 Å². The molecule has 0 aliphatic heterocycles. The molecule has 1 fully saturated rings. The third-order valence-electron chi connectivity index (χ3n) is 4.62. The lowest BCUT2D eigenvalue weighted by molar-refractivity contribution is -0.117. The van der Waals surface area contributed by atoms with Crippen LogP contribution >= 0.6 is 0 Å². The number of urea groups is 1. The van der Waals surface area contributed by atoms with Crippen molar-refractivity contribution >= 4 is 17.6 Å². The second-order valence-corrected chi connectivity index (χ2v) is 6.86. The van der Waals surface area contributed by atoms with Gasteiger partial charge in [-0.05, 0) is 49.9 Å². The molecule has 0 bridgehead atoms. The Morgan fingerprint density at radius 1 is 0.846 bits per heavy atom. The third-order valence-corrected chi connectivity index (χ3v) is 4.62. The van der Waals surface area contributed by atoms with Crippen molar-refractivity contribution in [2.75, 3.05) is 5.32 Å². The Kier molecular flexibility index (Phi) is 5.56. The Morgan fingerprint density at radius 2 is 1.38 bits per heavy atom. The second-order valence-electron chi connectivity index (χ2n) is 6.86. The zero-order valence-electron chi connectivity index (χ0n) is 15.2. The quantitative estimate of drug-likeness (QED) is 0.731. The van der Waals surface area contributed by atoms with Gasteiger partial charge in [0.1, 0.15) is 0 Å². The summed E-state index contributed by atoms with van der Waals surface area (Å²) in [5, 5.41) is 8.81. The first-order chi connectivity index (χ1) is 12.5. The summed E-state index contributed by atoms with van der Waals surface area (Å²) < 4.78 is 0. The highest BCUT2D eigenvalue weighted by atomic mass is 16.2. The molecule has 136 valence electrons. The van der Waals surface area contributed by atoms with Gasteiger partial charge in [-0.3, -0.25) is 4.79 Å². The Labute approximate surface area is 154 Å². The van der Waals surface area contributed by atoms with E-state index < -0.39 is 0 Å². The molecule has 0 heterocycles. The van der Waals surface area contributed by atoms with Gasteiger partial charge >= 0.3 is 6.03 Å². The van der Waals surface area contributed by atoms with Crippen LogP contribution in [0.2, 0.25) is 0 Å². The fourth-order valence-corrected chi connectivity index (χ4v) is 2.79. The van der Waals surface area contributed by atoms with E-state index in [1.807, 2.05) is 68.4 Å². The van der Waals surface area contributed by atoms with E-state index in [0.717, 1.165) is 29.7 Å². The van der Waals surface area contributed by atoms with Gasteiger partial charge in [0.15, 0.2) is 0 Å². The Bertz CT molecular complexity index is 755. The summed E-state index contributed by atoms with van der Waals surface area (Å²) in [5.74, 6) is 0.281. The molecule has 5 heteroatoms. The molecule has 2 aromatic carbocycles. The number of amides is 3. The number of carbonyl (C=O) groups excluding carboxylic acids is 2. The van der Waals surface area contributed by atoms with Crippen LogP contribution in [-0.4, -0.2) is 11.9 Å². The van der Waals surface area contributed by atoms with Crippen molar-refractivity contribution in [1.82, 2.24) is 10.6 Å². The summed E-state index contributed by atoms with van der Waals surface area (Å²) in [6, 6.07) is 17.0. The molecule has 0 aromatic heterocycles.